The third kappa shape index (κ3) is 4.13. The Morgan fingerprint density at radius 3 is 2.60 bits per heavy atom. The maximum Gasteiger partial charge on any atom is 0.258 e. The van der Waals surface area contributed by atoms with E-state index >= 15 is 0 Å². The molecule has 0 aliphatic carbocycles. The molecular formula is C14H19ClN2O3. The summed E-state index contributed by atoms with van der Waals surface area (Å²) >= 11 is 5.92. The summed E-state index contributed by atoms with van der Waals surface area (Å²) in [6, 6.07) is 4.83. The number of hydrogen-bond donors (Lipinski definition) is 1. The molecule has 2 amide bonds. The molecule has 1 rings (SSSR count). The van der Waals surface area contributed by atoms with Crippen molar-refractivity contribution in [2.45, 2.75) is 13.8 Å². The summed E-state index contributed by atoms with van der Waals surface area (Å²) in [6.45, 7) is 4.61. The van der Waals surface area contributed by atoms with Gasteiger partial charge in [0, 0.05) is 18.1 Å². The number of methoxy groups -OCH3 is 1. The Labute approximate surface area is 123 Å². The number of benzene rings is 1. The number of nitrogens with zero attached hydrogens (tertiary/aromatic N) is 1. The van der Waals surface area contributed by atoms with Gasteiger partial charge in [0.1, 0.15) is 5.75 Å². The Morgan fingerprint density at radius 2 is 2.05 bits per heavy atom. The second-order valence-electron chi connectivity index (χ2n) is 4.12. The minimum atomic E-state index is -0.280. The van der Waals surface area contributed by atoms with Crippen molar-refractivity contribution in [3.63, 3.8) is 0 Å². The number of carbonyl (C=O) groups is 2. The van der Waals surface area contributed by atoms with Gasteiger partial charge in [0.2, 0.25) is 5.91 Å². The van der Waals surface area contributed by atoms with Crippen molar-refractivity contribution in [1.82, 2.24) is 10.2 Å². The minimum Gasteiger partial charge on any atom is -0.496 e. The molecule has 0 unspecified atom stereocenters. The van der Waals surface area contributed by atoms with Gasteiger partial charge in [-0.15, -0.1) is 0 Å². The number of carbonyl (C=O) groups excluding carboxylic acids is 2. The number of halogens is 1. The molecule has 0 aliphatic heterocycles. The molecule has 0 aromatic heterocycles. The molecule has 1 aromatic rings. The first-order valence-electron chi connectivity index (χ1n) is 6.43. The Bertz CT molecular complexity index is 491. The highest BCUT2D eigenvalue weighted by Gasteiger charge is 2.20. The third-order valence-electron chi connectivity index (χ3n) is 2.77. The van der Waals surface area contributed by atoms with Gasteiger partial charge in [-0.1, -0.05) is 11.6 Å². The van der Waals surface area contributed by atoms with Crippen molar-refractivity contribution in [2.75, 3.05) is 26.7 Å². The fourth-order valence-electron chi connectivity index (χ4n) is 1.77. The van der Waals surface area contributed by atoms with Crippen LogP contribution in [0, 0.1) is 0 Å². The lowest BCUT2D eigenvalue weighted by Crippen LogP contribution is -2.40. The molecular weight excluding hydrogens is 280 g/mol. The molecule has 0 bridgehead atoms. The summed E-state index contributed by atoms with van der Waals surface area (Å²) in [4.78, 5) is 25.5. The second-order valence-corrected chi connectivity index (χ2v) is 4.55. The van der Waals surface area contributed by atoms with E-state index in [1.807, 2.05) is 13.8 Å². The van der Waals surface area contributed by atoms with Crippen LogP contribution in [-0.4, -0.2) is 43.5 Å². The topological polar surface area (TPSA) is 58.6 Å². The Balaban J connectivity index is 2.96. The van der Waals surface area contributed by atoms with E-state index in [0.29, 0.717) is 29.4 Å². The molecule has 0 saturated heterocycles. The molecule has 0 radical (unpaired) electrons. The summed E-state index contributed by atoms with van der Waals surface area (Å²) in [5.41, 5.74) is 0.353. The molecule has 0 spiro atoms. The van der Waals surface area contributed by atoms with E-state index in [-0.39, 0.29) is 18.4 Å². The van der Waals surface area contributed by atoms with E-state index in [1.165, 1.54) is 12.0 Å². The molecule has 1 aromatic carbocycles. The van der Waals surface area contributed by atoms with Gasteiger partial charge in [0.05, 0.1) is 19.2 Å². The van der Waals surface area contributed by atoms with Crippen molar-refractivity contribution >= 4 is 23.4 Å². The summed E-state index contributed by atoms with van der Waals surface area (Å²) < 4.78 is 5.16. The Hall–Kier alpha value is -1.75. The van der Waals surface area contributed by atoms with Crippen LogP contribution in [0.2, 0.25) is 5.02 Å². The van der Waals surface area contributed by atoms with Crippen molar-refractivity contribution in [3.05, 3.63) is 28.8 Å². The number of hydrogen-bond acceptors (Lipinski definition) is 3. The van der Waals surface area contributed by atoms with E-state index in [9.17, 15) is 9.59 Å². The third-order valence-corrected chi connectivity index (χ3v) is 3.00. The number of ether oxygens (including phenoxy) is 1. The quantitative estimate of drug-likeness (QED) is 0.873. The lowest BCUT2D eigenvalue weighted by Gasteiger charge is -2.21. The van der Waals surface area contributed by atoms with Gasteiger partial charge in [-0.3, -0.25) is 9.59 Å². The standard InChI is InChI=1S/C14H19ClN2O3/c1-4-16-13(18)9-17(5-2)14(19)11-8-10(15)6-7-12(11)20-3/h6-8H,4-5,9H2,1-3H3,(H,16,18). The van der Waals surface area contributed by atoms with Crippen LogP contribution in [0.5, 0.6) is 5.75 Å². The molecule has 0 fully saturated rings. The lowest BCUT2D eigenvalue weighted by atomic mass is 10.1. The minimum absolute atomic E-state index is 0.0127. The van der Waals surface area contributed by atoms with E-state index in [2.05, 4.69) is 5.32 Å². The van der Waals surface area contributed by atoms with Crippen LogP contribution in [0.1, 0.15) is 24.2 Å². The Kier molecular flexibility index (Phi) is 6.31. The van der Waals surface area contributed by atoms with Crippen LogP contribution in [0.15, 0.2) is 18.2 Å². The van der Waals surface area contributed by atoms with Gasteiger partial charge < -0.3 is 15.0 Å². The van der Waals surface area contributed by atoms with E-state index < -0.39 is 0 Å². The number of amides is 2. The molecule has 110 valence electrons. The SMILES string of the molecule is CCNC(=O)CN(CC)C(=O)c1cc(Cl)ccc1OC. The zero-order valence-corrected chi connectivity index (χ0v) is 12.7. The molecule has 0 heterocycles. The Morgan fingerprint density at radius 1 is 1.35 bits per heavy atom. The van der Waals surface area contributed by atoms with Crippen molar-refractivity contribution in [3.8, 4) is 5.75 Å². The average molecular weight is 299 g/mol. The smallest absolute Gasteiger partial charge is 0.258 e. The highest BCUT2D eigenvalue weighted by Crippen LogP contribution is 2.24. The first-order chi connectivity index (χ1) is 9.53. The van der Waals surface area contributed by atoms with Crippen LogP contribution in [0.25, 0.3) is 0 Å². The molecule has 5 nitrogen and oxygen atoms in total. The highest BCUT2D eigenvalue weighted by molar-refractivity contribution is 6.31. The summed E-state index contributed by atoms with van der Waals surface area (Å²) in [6.07, 6.45) is 0. The van der Waals surface area contributed by atoms with Crippen LogP contribution in [-0.2, 0) is 4.79 Å². The maximum absolute atomic E-state index is 12.5. The highest BCUT2D eigenvalue weighted by atomic mass is 35.5. The van der Waals surface area contributed by atoms with Gasteiger partial charge in [-0.25, -0.2) is 0 Å². The number of rotatable bonds is 6. The molecule has 0 aliphatic rings. The van der Waals surface area contributed by atoms with E-state index in [1.54, 1.807) is 18.2 Å². The largest absolute Gasteiger partial charge is 0.496 e. The maximum atomic E-state index is 12.5. The van der Waals surface area contributed by atoms with Crippen LogP contribution in [0.4, 0.5) is 0 Å². The van der Waals surface area contributed by atoms with Gasteiger partial charge >= 0.3 is 0 Å². The monoisotopic (exact) mass is 298 g/mol. The zero-order chi connectivity index (χ0) is 15.1. The van der Waals surface area contributed by atoms with Gasteiger partial charge in [-0.05, 0) is 32.0 Å². The van der Waals surface area contributed by atoms with Crippen molar-refractivity contribution in [2.24, 2.45) is 0 Å². The second kappa shape index (κ2) is 7.75. The van der Waals surface area contributed by atoms with Gasteiger partial charge in [0.25, 0.3) is 5.91 Å². The fraction of sp³-hybridized carbons (Fsp3) is 0.429. The first-order valence-corrected chi connectivity index (χ1v) is 6.80. The summed E-state index contributed by atoms with van der Waals surface area (Å²) in [7, 11) is 1.49. The summed E-state index contributed by atoms with van der Waals surface area (Å²) in [5, 5.41) is 3.11. The van der Waals surface area contributed by atoms with Crippen molar-refractivity contribution < 1.29 is 14.3 Å². The predicted molar refractivity (Wildman–Crippen MR) is 78.3 cm³/mol. The molecule has 1 N–H and O–H groups in total. The lowest BCUT2D eigenvalue weighted by molar-refractivity contribution is -0.121. The predicted octanol–water partition coefficient (Wildman–Crippen LogP) is 1.95. The van der Waals surface area contributed by atoms with E-state index in [4.69, 9.17) is 16.3 Å². The molecule has 0 saturated carbocycles. The molecule has 20 heavy (non-hydrogen) atoms. The molecule has 6 heteroatoms. The summed E-state index contributed by atoms with van der Waals surface area (Å²) in [5.74, 6) is -0.0319. The number of nitrogens with one attached hydrogen (secondary N) is 1. The van der Waals surface area contributed by atoms with Crippen molar-refractivity contribution in [1.29, 1.82) is 0 Å². The van der Waals surface area contributed by atoms with Crippen LogP contribution >= 0.6 is 11.6 Å². The number of likely N-dealkylation sites (N-methyl/N-ethyl adjacent to an activating group) is 2. The first kappa shape index (κ1) is 16.3. The van der Waals surface area contributed by atoms with Crippen LogP contribution in [0.3, 0.4) is 0 Å². The van der Waals surface area contributed by atoms with Gasteiger partial charge in [0.15, 0.2) is 0 Å². The fourth-order valence-corrected chi connectivity index (χ4v) is 1.94. The zero-order valence-electron chi connectivity index (χ0n) is 11.9. The van der Waals surface area contributed by atoms with Crippen LogP contribution < -0.4 is 10.1 Å². The van der Waals surface area contributed by atoms with Gasteiger partial charge in [-0.2, -0.15) is 0 Å². The molecule has 0 atom stereocenters. The van der Waals surface area contributed by atoms with E-state index in [0.717, 1.165) is 0 Å². The average Bonchev–Trinajstić information content (AvgIpc) is 2.44. The normalized spacial score (nSPS) is 10.0.